The van der Waals surface area contributed by atoms with Crippen LogP contribution in [0.3, 0.4) is 0 Å². The second-order valence-electron chi connectivity index (χ2n) is 6.79. The number of ether oxygens (including phenoxy) is 3. The third kappa shape index (κ3) is 3.97. The monoisotopic (exact) mass is 383 g/mol. The molecule has 2 aromatic rings. The number of rotatable bonds is 6. The molecule has 0 radical (unpaired) electrons. The van der Waals surface area contributed by atoms with Crippen LogP contribution >= 0.6 is 0 Å². The molecule has 0 saturated carbocycles. The molecule has 0 amide bonds. The van der Waals surface area contributed by atoms with Crippen molar-refractivity contribution in [3.8, 4) is 23.3 Å². The molecule has 6 nitrogen and oxygen atoms in total. The molecule has 0 bridgehead atoms. The average Bonchev–Trinajstić information content (AvgIpc) is 3.19. The highest BCUT2D eigenvalue weighted by atomic mass is 19.1. The average molecular weight is 383 g/mol. The zero-order chi connectivity index (χ0) is 19.3. The van der Waals surface area contributed by atoms with Crippen LogP contribution in [0.15, 0.2) is 36.4 Å². The molecule has 2 aliphatic heterocycles. The van der Waals surface area contributed by atoms with Gasteiger partial charge in [-0.1, -0.05) is 6.07 Å². The van der Waals surface area contributed by atoms with E-state index in [1.807, 2.05) is 30.3 Å². The van der Waals surface area contributed by atoms with Crippen LogP contribution in [0.4, 0.5) is 10.1 Å². The largest absolute Gasteiger partial charge is 0.493 e. The summed E-state index contributed by atoms with van der Waals surface area (Å²) in [5.74, 6) is 1.80. The molecule has 4 rings (SSSR count). The topological polar surface area (TPSA) is 58.0 Å². The fraction of sp³-hybridized carbons (Fsp3) is 0.381. The van der Waals surface area contributed by atoms with Crippen molar-refractivity contribution in [2.24, 2.45) is 0 Å². The summed E-state index contributed by atoms with van der Waals surface area (Å²) in [4.78, 5) is 4.45. The third-order valence-corrected chi connectivity index (χ3v) is 5.05. The molecule has 0 unspecified atom stereocenters. The van der Waals surface area contributed by atoms with Crippen molar-refractivity contribution in [3.05, 3.63) is 47.8 Å². The first-order valence-electron chi connectivity index (χ1n) is 9.43. The molecule has 2 aliphatic rings. The summed E-state index contributed by atoms with van der Waals surface area (Å²) in [5.41, 5.74) is 0.821. The van der Waals surface area contributed by atoms with Gasteiger partial charge in [-0.25, -0.2) is 4.39 Å². The number of anilines is 1. The zero-order valence-electron chi connectivity index (χ0n) is 15.6. The molecule has 1 saturated heterocycles. The molecular formula is C21H22FN3O3. The van der Waals surface area contributed by atoms with Crippen LogP contribution < -0.4 is 19.1 Å². The van der Waals surface area contributed by atoms with Gasteiger partial charge in [0, 0.05) is 38.8 Å². The van der Waals surface area contributed by atoms with Crippen LogP contribution in [-0.2, 0) is 0 Å². The Balaban J connectivity index is 1.21. The molecule has 0 aliphatic carbocycles. The van der Waals surface area contributed by atoms with Crippen molar-refractivity contribution >= 4 is 5.69 Å². The van der Waals surface area contributed by atoms with Gasteiger partial charge in [-0.2, -0.15) is 5.26 Å². The summed E-state index contributed by atoms with van der Waals surface area (Å²) in [7, 11) is 0. The van der Waals surface area contributed by atoms with Crippen molar-refractivity contribution < 1.29 is 18.6 Å². The first-order valence-corrected chi connectivity index (χ1v) is 9.43. The van der Waals surface area contributed by atoms with Gasteiger partial charge >= 0.3 is 0 Å². The molecule has 28 heavy (non-hydrogen) atoms. The van der Waals surface area contributed by atoms with Gasteiger partial charge in [0.2, 0.25) is 6.79 Å². The Bertz CT molecular complexity index is 876. The molecule has 0 spiro atoms. The van der Waals surface area contributed by atoms with Gasteiger partial charge in [-0.15, -0.1) is 0 Å². The Kier molecular flexibility index (Phi) is 5.49. The van der Waals surface area contributed by atoms with Crippen LogP contribution in [0.25, 0.3) is 0 Å². The number of benzene rings is 2. The minimum Gasteiger partial charge on any atom is -0.493 e. The smallest absolute Gasteiger partial charge is 0.231 e. The second kappa shape index (κ2) is 8.36. The van der Waals surface area contributed by atoms with Gasteiger partial charge in [0.25, 0.3) is 0 Å². The Morgan fingerprint density at radius 1 is 1.07 bits per heavy atom. The van der Waals surface area contributed by atoms with Crippen molar-refractivity contribution in [3.63, 3.8) is 0 Å². The SMILES string of the molecule is N#Cc1c(F)cccc1N1CCN(CCCOc2ccc3c(c2)OCO3)CC1. The lowest BCUT2D eigenvalue weighted by molar-refractivity contribution is 0.173. The zero-order valence-corrected chi connectivity index (χ0v) is 15.6. The molecule has 1 fully saturated rings. The molecule has 0 N–H and O–H groups in total. The summed E-state index contributed by atoms with van der Waals surface area (Å²) in [6, 6.07) is 12.4. The number of piperazine rings is 1. The van der Waals surface area contributed by atoms with E-state index >= 15 is 0 Å². The lowest BCUT2D eigenvalue weighted by atomic mass is 10.1. The summed E-state index contributed by atoms with van der Waals surface area (Å²) >= 11 is 0. The molecule has 0 atom stereocenters. The highest BCUT2D eigenvalue weighted by Gasteiger charge is 2.20. The van der Waals surface area contributed by atoms with E-state index in [1.165, 1.54) is 6.07 Å². The summed E-state index contributed by atoms with van der Waals surface area (Å²) in [6.07, 6.45) is 0.915. The molecule has 2 heterocycles. The van der Waals surface area contributed by atoms with Gasteiger partial charge in [0.05, 0.1) is 12.3 Å². The van der Waals surface area contributed by atoms with Crippen molar-refractivity contribution in [1.29, 1.82) is 5.26 Å². The predicted octanol–water partition coefficient (Wildman–Crippen LogP) is 3.02. The first-order chi connectivity index (χ1) is 13.7. The third-order valence-electron chi connectivity index (χ3n) is 5.05. The van der Waals surface area contributed by atoms with E-state index in [4.69, 9.17) is 14.2 Å². The van der Waals surface area contributed by atoms with E-state index in [0.29, 0.717) is 12.3 Å². The number of hydrogen-bond donors (Lipinski definition) is 0. The van der Waals surface area contributed by atoms with Gasteiger partial charge in [-0.3, -0.25) is 4.90 Å². The molecule has 2 aromatic carbocycles. The minimum atomic E-state index is -0.455. The number of fused-ring (bicyclic) bond motifs is 1. The maximum atomic E-state index is 13.8. The maximum absolute atomic E-state index is 13.8. The highest BCUT2D eigenvalue weighted by molar-refractivity contribution is 5.60. The molecule has 0 aromatic heterocycles. The van der Waals surface area contributed by atoms with Crippen LogP contribution in [0.2, 0.25) is 0 Å². The number of nitrogens with zero attached hydrogens (tertiary/aromatic N) is 3. The van der Waals surface area contributed by atoms with Gasteiger partial charge in [0.15, 0.2) is 11.5 Å². The molecule has 7 heteroatoms. The standard InChI is InChI=1S/C21H22FN3O3/c22-18-3-1-4-19(17(18)14-23)25-10-8-24(9-11-25)7-2-12-26-16-5-6-20-21(13-16)28-15-27-20/h1,3-6,13H,2,7-12,15H2. The Labute approximate surface area is 163 Å². The van der Waals surface area contributed by atoms with Crippen LogP contribution in [0.1, 0.15) is 12.0 Å². The summed E-state index contributed by atoms with van der Waals surface area (Å²) in [5, 5.41) is 9.21. The van der Waals surface area contributed by atoms with E-state index in [9.17, 15) is 9.65 Å². The van der Waals surface area contributed by atoms with E-state index in [0.717, 1.165) is 56.4 Å². The van der Waals surface area contributed by atoms with Crippen LogP contribution in [0.5, 0.6) is 17.2 Å². The van der Waals surface area contributed by atoms with Crippen molar-refractivity contribution in [2.75, 3.05) is 51.0 Å². The Morgan fingerprint density at radius 3 is 2.71 bits per heavy atom. The lowest BCUT2D eigenvalue weighted by Crippen LogP contribution is -2.47. The number of hydrogen-bond acceptors (Lipinski definition) is 6. The number of nitriles is 1. The van der Waals surface area contributed by atoms with E-state index in [-0.39, 0.29) is 12.4 Å². The Morgan fingerprint density at radius 2 is 1.89 bits per heavy atom. The van der Waals surface area contributed by atoms with Gasteiger partial charge < -0.3 is 19.1 Å². The second-order valence-corrected chi connectivity index (χ2v) is 6.79. The fourth-order valence-electron chi connectivity index (χ4n) is 3.54. The van der Waals surface area contributed by atoms with Gasteiger partial charge in [0.1, 0.15) is 23.2 Å². The van der Waals surface area contributed by atoms with E-state index in [1.54, 1.807) is 6.07 Å². The number of halogens is 1. The highest BCUT2D eigenvalue weighted by Crippen LogP contribution is 2.35. The first kappa shape index (κ1) is 18.4. The van der Waals surface area contributed by atoms with E-state index in [2.05, 4.69) is 9.80 Å². The van der Waals surface area contributed by atoms with Crippen molar-refractivity contribution in [1.82, 2.24) is 4.90 Å². The lowest BCUT2D eigenvalue weighted by Gasteiger charge is -2.36. The maximum Gasteiger partial charge on any atom is 0.231 e. The molecule has 146 valence electrons. The fourth-order valence-corrected chi connectivity index (χ4v) is 3.54. The minimum absolute atomic E-state index is 0.132. The quantitative estimate of drug-likeness (QED) is 0.715. The summed E-state index contributed by atoms with van der Waals surface area (Å²) in [6.45, 7) is 5.14. The normalized spacial score (nSPS) is 16.1. The van der Waals surface area contributed by atoms with E-state index < -0.39 is 5.82 Å². The van der Waals surface area contributed by atoms with Crippen molar-refractivity contribution in [2.45, 2.75) is 6.42 Å². The molecular weight excluding hydrogens is 361 g/mol. The summed E-state index contributed by atoms with van der Waals surface area (Å²) < 4.78 is 30.3. The Hall–Kier alpha value is -2.98. The predicted molar refractivity (Wildman–Crippen MR) is 102 cm³/mol. The van der Waals surface area contributed by atoms with Crippen LogP contribution in [0, 0.1) is 17.1 Å². The van der Waals surface area contributed by atoms with Gasteiger partial charge in [-0.05, 0) is 30.7 Å². The van der Waals surface area contributed by atoms with Crippen LogP contribution in [-0.4, -0.2) is 51.0 Å².